The summed E-state index contributed by atoms with van der Waals surface area (Å²) in [6, 6.07) is 9.98. The summed E-state index contributed by atoms with van der Waals surface area (Å²) in [7, 11) is 0. The molecule has 2 aliphatic rings. The fourth-order valence-corrected chi connectivity index (χ4v) is 3.80. The Hall–Kier alpha value is -3.28. The highest BCUT2D eigenvalue weighted by Gasteiger charge is 2.47. The smallest absolute Gasteiger partial charge is 0.351 e. The van der Waals surface area contributed by atoms with Crippen LogP contribution in [0.15, 0.2) is 52.5 Å². The topological polar surface area (TPSA) is 161 Å². The Morgan fingerprint density at radius 2 is 2.15 bits per heavy atom. The van der Waals surface area contributed by atoms with Gasteiger partial charge in [-0.3, -0.25) is 9.36 Å². The van der Waals surface area contributed by atoms with Crippen LogP contribution < -0.4 is 11.0 Å². The van der Waals surface area contributed by atoms with Gasteiger partial charge in [0.05, 0.1) is 12.6 Å². The number of anilines is 1. The van der Waals surface area contributed by atoms with E-state index < -0.39 is 42.4 Å². The van der Waals surface area contributed by atoms with Crippen LogP contribution in [-0.4, -0.2) is 58.3 Å². The summed E-state index contributed by atoms with van der Waals surface area (Å²) in [5.74, 6) is -0.333. The zero-order chi connectivity index (χ0) is 23.2. The zero-order valence-corrected chi connectivity index (χ0v) is 17.7. The van der Waals surface area contributed by atoms with Gasteiger partial charge in [0.2, 0.25) is 0 Å². The third-order valence-corrected chi connectivity index (χ3v) is 5.47. The Bertz CT molecular complexity index is 1070. The summed E-state index contributed by atoms with van der Waals surface area (Å²) in [4.78, 5) is 31.7. The largest absolute Gasteiger partial charge is 0.388 e. The molecule has 2 aromatic rings. The van der Waals surface area contributed by atoms with Crippen LogP contribution in [0.3, 0.4) is 0 Å². The molecule has 4 rings (SSSR count). The van der Waals surface area contributed by atoms with Gasteiger partial charge in [-0.05, 0) is 43.0 Å². The van der Waals surface area contributed by atoms with Gasteiger partial charge in [0.25, 0.3) is 5.91 Å². The van der Waals surface area contributed by atoms with Crippen molar-refractivity contribution in [3.8, 4) is 0 Å². The molecule has 1 unspecified atom stereocenters. The Labute approximate surface area is 188 Å². The number of benzene rings is 1. The first-order valence-electron chi connectivity index (χ1n) is 10.6. The molecule has 1 aromatic heterocycles. The third-order valence-electron chi connectivity index (χ3n) is 5.47. The maximum Gasteiger partial charge on any atom is 0.351 e. The Kier molecular flexibility index (Phi) is 7.33. The van der Waals surface area contributed by atoms with Gasteiger partial charge in [-0.2, -0.15) is 4.98 Å². The van der Waals surface area contributed by atoms with Crippen LogP contribution in [0.5, 0.6) is 0 Å². The van der Waals surface area contributed by atoms with Crippen LogP contribution in [-0.2, 0) is 14.2 Å². The van der Waals surface area contributed by atoms with Crippen LogP contribution in [0.4, 0.5) is 5.82 Å². The predicted octanol–water partition coefficient (Wildman–Crippen LogP) is 1.98. The fraction of sp³-hybridized carbons (Fsp3) is 0.476. The summed E-state index contributed by atoms with van der Waals surface area (Å²) in [5.41, 5.74) is 8.34. The lowest BCUT2D eigenvalue weighted by Crippen LogP contribution is -2.41. The molecule has 12 nitrogen and oxygen atoms in total. The van der Waals surface area contributed by atoms with Gasteiger partial charge in [-0.15, -0.1) is 0 Å². The van der Waals surface area contributed by atoms with Crippen molar-refractivity contribution >= 4 is 11.7 Å². The lowest BCUT2D eigenvalue weighted by molar-refractivity contribution is -0.215. The standard InChI is InChI=1S/C21H24N6O6/c22-26-23-12-14-17(28)18(33-16-8-4-5-11-31-16)20(32-14)27-10-9-15(25-21(27)30)24-19(29)13-6-2-1-3-7-13/h1-3,6-7,9-10,14,16-18,20,28H,4-5,8,11-12H2,(H,24,25,29,30)/t14-,16?,17-,18-,20-/m1/s1. The van der Waals surface area contributed by atoms with Crippen molar-refractivity contribution in [2.24, 2.45) is 5.11 Å². The second kappa shape index (κ2) is 10.6. The quantitative estimate of drug-likeness (QED) is 0.366. The van der Waals surface area contributed by atoms with E-state index in [0.29, 0.717) is 18.6 Å². The van der Waals surface area contributed by atoms with E-state index in [1.807, 2.05) is 0 Å². The average Bonchev–Trinajstić information content (AvgIpc) is 3.14. The highest BCUT2D eigenvalue weighted by Crippen LogP contribution is 2.33. The number of carbonyl (C=O) groups is 1. The molecule has 2 aliphatic heterocycles. The number of hydrogen-bond donors (Lipinski definition) is 2. The van der Waals surface area contributed by atoms with Crippen LogP contribution >= 0.6 is 0 Å². The van der Waals surface area contributed by atoms with Crippen molar-refractivity contribution in [3.63, 3.8) is 0 Å². The van der Waals surface area contributed by atoms with Crippen molar-refractivity contribution < 1.29 is 24.1 Å². The van der Waals surface area contributed by atoms with Crippen molar-refractivity contribution in [1.29, 1.82) is 0 Å². The second-order valence-corrected chi connectivity index (χ2v) is 7.69. The molecule has 0 saturated carbocycles. The first-order chi connectivity index (χ1) is 16.1. The van der Waals surface area contributed by atoms with Gasteiger partial charge in [-0.1, -0.05) is 23.3 Å². The molecule has 33 heavy (non-hydrogen) atoms. The molecule has 12 heteroatoms. The molecule has 1 amide bonds. The van der Waals surface area contributed by atoms with Crippen molar-refractivity contribution in [2.75, 3.05) is 18.5 Å². The van der Waals surface area contributed by atoms with Gasteiger partial charge in [0.15, 0.2) is 12.5 Å². The van der Waals surface area contributed by atoms with E-state index in [1.165, 1.54) is 16.8 Å². The number of aromatic nitrogens is 2. The highest BCUT2D eigenvalue weighted by molar-refractivity contribution is 6.03. The summed E-state index contributed by atoms with van der Waals surface area (Å²) < 4.78 is 18.6. The number of hydrogen-bond acceptors (Lipinski definition) is 8. The number of rotatable bonds is 7. The number of aliphatic hydroxyl groups excluding tert-OH is 1. The number of nitrogens with zero attached hydrogens (tertiary/aromatic N) is 5. The van der Waals surface area contributed by atoms with Gasteiger partial charge in [0.1, 0.15) is 18.0 Å². The highest BCUT2D eigenvalue weighted by atomic mass is 16.7. The molecule has 5 atom stereocenters. The molecule has 1 aromatic carbocycles. The van der Waals surface area contributed by atoms with E-state index >= 15 is 0 Å². The number of aliphatic hydroxyl groups is 1. The minimum atomic E-state index is -1.16. The lowest BCUT2D eigenvalue weighted by Gasteiger charge is -2.29. The molecular weight excluding hydrogens is 432 g/mol. The zero-order valence-electron chi connectivity index (χ0n) is 17.7. The van der Waals surface area contributed by atoms with Gasteiger partial charge in [-0.25, -0.2) is 4.79 Å². The molecule has 0 aliphatic carbocycles. The SMILES string of the molecule is [N-]=[N+]=NC[C@H]1O[C@@H](n2ccc(NC(=O)c3ccccc3)nc2=O)[C@H](OC2CCCCO2)[C@@H]1O. The maximum atomic E-state index is 12.8. The second-order valence-electron chi connectivity index (χ2n) is 7.69. The third kappa shape index (κ3) is 5.38. The van der Waals surface area contributed by atoms with Crippen molar-refractivity contribution in [3.05, 3.63) is 69.1 Å². The fourth-order valence-electron chi connectivity index (χ4n) is 3.80. The Morgan fingerprint density at radius 1 is 1.33 bits per heavy atom. The van der Waals surface area contributed by atoms with Crippen LogP contribution in [0, 0.1) is 0 Å². The van der Waals surface area contributed by atoms with Crippen molar-refractivity contribution in [2.45, 2.75) is 50.1 Å². The monoisotopic (exact) mass is 456 g/mol. The van der Waals surface area contributed by atoms with Gasteiger partial charge < -0.3 is 24.6 Å². The number of ether oxygens (including phenoxy) is 3. The first-order valence-corrected chi connectivity index (χ1v) is 10.6. The minimum Gasteiger partial charge on any atom is -0.388 e. The summed E-state index contributed by atoms with van der Waals surface area (Å²) in [6.45, 7) is 0.408. The van der Waals surface area contributed by atoms with E-state index in [9.17, 15) is 14.7 Å². The number of nitrogens with one attached hydrogen (secondary N) is 1. The van der Waals surface area contributed by atoms with Crippen LogP contribution in [0.2, 0.25) is 0 Å². The molecular formula is C21H24N6O6. The van der Waals surface area contributed by atoms with E-state index in [0.717, 1.165) is 12.8 Å². The Morgan fingerprint density at radius 3 is 2.85 bits per heavy atom. The van der Waals surface area contributed by atoms with Crippen LogP contribution in [0.25, 0.3) is 10.4 Å². The number of carbonyl (C=O) groups excluding carboxylic acids is 1. The van der Waals surface area contributed by atoms with Crippen molar-refractivity contribution in [1.82, 2.24) is 9.55 Å². The summed E-state index contributed by atoms with van der Waals surface area (Å²) in [5, 5.41) is 16.8. The average molecular weight is 456 g/mol. The van der Waals surface area contributed by atoms with E-state index in [-0.39, 0.29) is 12.4 Å². The summed E-state index contributed by atoms with van der Waals surface area (Å²) in [6.07, 6.45) is -0.657. The molecule has 2 saturated heterocycles. The van der Waals surface area contributed by atoms with E-state index in [1.54, 1.807) is 30.3 Å². The Balaban J connectivity index is 1.54. The molecule has 0 bridgehead atoms. The molecule has 0 radical (unpaired) electrons. The normalized spacial score (nSPS) is 27.0. The number of azide groups is 1. The minimum absolute atomic E-state index is 0.0716. The van der Waals surface area contributed by atoms with E-state index in [4.69, 9.17) is 19.7 Å². The maximum absolute atomic E-state index is 12.8. The number of amides is 1. The predicted molar refractivity (Wildman–Crippen MR) is 115 cm³/mol. The van der Waals surface area contributed by atoms with E-state index in [2.05, 4.69) is 20.3 Å². The lowest BCUT2D eigenvalue weighted by atomic mass is 10.1. The molecule has 0 spiro atoms. The van der Waals surface area contributed by atoms with Gasteiger partial charge in [0, 0.05) is 23.3 Å². The summed E-state index contributed by atoms with van der Waals surface area (Å²) >= 11 is 0. The molecule has 2 N–H and O–H groups in total. The molecule has 2 fully saturated rings. The van der Waals surface area contributed by atoms with Gasteiger partial charge >= 0.3 is 5.69 Å². The first kappa shape index (κ1) is 22.9. The van der Waals surface area contributed by atoms with Crippen LogP contribution in [0.1, 0.15) is 35.8 Å². The molecule has 174 valence electrons. The molecule has 3 heterocycles.